The average Bonchev–Trinajstić information content (AvgIpc) is 2.79. The van der Waals surface area contributed by atoms with Crippen molar-refractivity contribution in [2.24, 2.45) is 5.10 Å². The van der Waals surface area contributed by atoms with E-state index in [-0.39, 0.29) is 15.6 Å². The molecule has 1 amide bonds. The molecule has 0 aliphatic heterocycles. The van der Waals surface area contributed by atoms with Crippen molar-refractivity contribution in [3.8, 4) is 5.75 Å². The van der Waals surface area contributed by atoms with Crippen molar-refractivity contribution in [2.75, 3.05) is 10.8 Å². The zero-order valence-corrected chi connectivity index (χ0v) is 20.1. The normalized spacial score (nSPS) is 11.3. The van der Waals surface area contributed by atoms with Crippen LogP contribution in [-0.2, 0) is 19.6 Å². The minimum atomic E-state index is -4.12. The summed E-state index contributed by atoms with van der Waals surface area (Å²) in [5.41, 5.74) is 3.01. The lowest BCUT2D eigenvalue weighted by Crippen LogP contribution is -2.39. The monoisotopic (exact) mass is 519 g/mol. The summed E-state index contributed by atoms with van der Waals surface area (Å²) in [7, 11) is -4.12. The van der Waals surface area contributed by atoms with E-state index < -0.39 is 28.4 Å². The van der Waals surface area contributed by atoms with Crippen LogP contribution in [0, 0.1) is 0 Å². The number of sulfonamides is 1. The van der Waals surface area contributed by atoms with Crippen LogP contribution in [0.2, 0.25) is 10.0 Å². The number of hydrogen-bond donors (Lipinski definition) is 1. The van der Waals surface area contributed by atoms with E-state index in [0.717, 1.165) is 4.31 Å². The van der Waals surface area contributed by atoms with Gasteiger partial charge in [-0.1, -0.05) is 41.4 Å². The summed E-state index contributed by atoms with van der Waals surface area (Å²) < 4.78 is 32.4. The molecule has 0 heterocycles. The standard InChI is InChI=1S/C23H19Cl2N3O5S/c1-16(29)33-19-10-7-17(8-11-19)14-26-27-23(30)15-28(22-12-9-18(24)13-21(22)25)34(31,32)20-5-3-2-4-6-20/h2-14H,15H2,1H3,(H,27,30)/b26-14-. The number of esters is 1. The Morgan fingerprint density at radius 2 is 1.71 bits per heavy atom. The molecule has 0 saturated heterocycles. The number of nitrogens with one attached hydrogen (secondary N) is 1. The highest BCUT2D eigenvalue weighted by atomic mass is 35.5. The van der Waals surface area contributed by atoms with Gasteiger partial charge >= 0.3 is 5.97 Å². The number of hydrogen-bond acceptors (Lipinski definition) is 6. The molecule has 0 unspecified atom stereocenters. The Labute approximate surface area is 206 Å². The fourth-order valence-corrected chi connectivity index (χ4v) is 4.86. The number of amides is 1. The van der Waals surface area contributed by atoms with Crippen molar-refractivity contribution in [3.63, 3.8) is 0 Å². The number of benzene rings is 3. The highest BCUT2D eigenvalue weighted by Gasteiger charge is 2.28. The van der Waals surface area contributed by atoms with Gasteiger partial charge in [-0.05, 0) is 60.2 Å². The van der Waals surface area contributed by atoms with Gasteiger partial charge in [0.2, 0.25) is 0 Å². The van der Waals surface area contributed by atoms with Crippen molar-refractivity contribution < 1.29 is 22.7 Å². The number of ether oxygens (including phenoxy) is 1. The summed E-state index contributed by atoms with van der Waals surface area (Å²) in [6.45, 7) is 0.713. The second-order valence-corrected chi connectivity index (χ2v) is 9.58. The maximum Gasteiger partial charge on any atom is 0.308 e. The van der Waals surface area contributed by atoms with Crippen molar-refractivity contribution in [2.45, 2.75) is 11.8 Å². The molecule has 3 aromatic rings. The van der Waals surface area contributed by atoms with Gasteiger partial charge in [-0.15, -0.1) is 0 Å². The number of nitrogens with zero attached hydrogens (tertiary/aromatic N) is 2. The first-order valence-electron chi connectivity index (χ1n) is 9.80. The van der Waals surface area contributed by atoms with E-state index in [0.29, 0.717) is 16.3 Å². The van der Waals surface area contributed by atoms with Crippen LogP contribution in [0.3, 0.4) is 0 Å². The lowest BCUT2D eigenvalue weighted by molar-refractivity contribution is -0.131. The largest absolute Gasteiger partial charge is 0.427 e. The van der Waals surface area contributed by atoms with Crippen LogP contribution in [0.25, 0.3) is 0 Å². The summed E-state index contributed by atoms with van der Waals surface area (Å²) in [6.07, 6.45) is 1.36. The highest BCUT2D eigenvalue weighted by molar-refractivity contribution is 7.92. The molecule has 3 rings (SSSR count). The predicted octanol–water partition coefficient (Wildman–Crippen LogP) is 4.26. The third kappa shape index (κ3) is 6.57. The molecular formula is C23H19Cl2N3O5S. The molecule has 0 aromatic heterocycles. The van der Waals surface area contributed by atoms with E-state index in [1.54, 1.807) is 42.5 Å². The van der Waals surface area contributed by atoms with Crippen molar-refractivity contribution in [3.05, 3.63) is 88.4 Å². The van der Waals surface area contributed by atoms with Gasteiger partial charge in [0.1, 0.15) is 12.3 Å². The van der Waals surface area contributed by atoms with Gasteiger partial charge in [-0.25, -0.2) is 13.8 Å². The molecule has 0 aliphatic rings. The van der Waals surface area contributed by atoms with Crippen LogP contribution in [0.1, 0.15) is 12.5 Å². The van der Waals surface area contributed by atoms with Crippen LogP contribution >= 0.6 is 23.2 Å². The van der Waals surface area contributed by atoms with Gasteiger partial charge in [0.25, 0.3) is 15.9 Å². The third-order valence-electron chi connectivity index (χ3n) is 4.34. The molecule has 0 aliphatic carbocycles. The summed E-state index contributed by atoms with van der Waals surface area (Å²) >= 11 is 12.2. The number of rotatable bonds is 8. The van der Waals surface area contributed by atoms with Gasteiger partial charge in [0.15, 0.2) is 0 Å². The summed E-state index contributed by atoms with van der Waals surface area (Å²) in [5, 5.41) is 4.25. The minimum Gasteiger partial charge on any atom is -0.427 e. The highest BCUT2D eigenvalue weighted by Crippen LogP contribution is 2.32. The molecule has 0 spiro atoms. The Morgan fingerprint density at radius 1 is 1.03 bits per heavy atom. The maximum absolute atomic E-state index is 13.3. The summed E-state index contributed by atoms with van der Waals surface area (Å²) in [5.74, 6) is -0.766. The van der Waals surface area contributed by atoms with Gasteiger partial charge in [0.05, 0.1) is 21.8 Å². The van der Waals surface area contributed by atoms with Crippen molar-refractivity contribution in [1.82, 2.24) is 5.43 Å². The molecule has 176 valence electrons. The van der Waals surface area contributed by atoms with E-state index in [4.69, 9.17) is 27.9 Å². The van der Waals surface area contributed by atoms with E-state index in [9.17, 15) is 18.0 Å². The number of anilines is 1. The molecule has 8 nitrogen and oxygen atoms in total. The van der Waals surface area contributed by atoms with E-state index in [1.807, 2.05) is 0 Å². The zero-order chi connectivity index (χ0) is 24.7. The Kier molecular flexibility index (Phi) is 8.27. The lowest BCUT2D eigenvalue weighted by atomic mass is 10.2. The number of carbonyl (C=O) groups is 2. The SMILES string of the molecule is CC(=O)Oc1ccc(/C=N\NC(=O)CN(c2ccc(Cl)cc2Cl)S(=O)(=O)c2ccccc2)cc1. The second-order valence-electron chi connectivity index (χ2n) is 6.88. The van der Waals surface area contributed by atoms with Crippen LogP contribution in [0.5, 0.6) is 5.75 Å². The molecule has 0 saturated carbocycles. The quantitative estimate of drug-likeness (QED) is 0.207. The van der Waals surface area contributed by atoms with Crippen molar-refractivity contribution >= 4 is 57.0 Å². The number of carbonyl (C=O) groups excluding carboxylic acids is 2. The van der Waals surface area contributed by atoms with Crippen LogP contribution in [0.15, 0.2) is 82.8 Å². The van der Waals surface area contributed by atoms with Crippen LogP contribution in [0.4, 0.5) is 5.69 Å². The van der Waals surface area contributed by atoms with Gasteiger partial charge in [0, 0.05) is 11.9 Å². The van der Waals surface area contributed by atoms with Crippen molar-refractivity contribution in [1.29, 1.82) is 0 Å². The second kappa shape index (κ2) is 11.1. The Morgan fingerprint density at radius 3 is 2.32 bits per heavy atom. The lowest BCUT2D eigenvalue weighted by Gasteiger charge is -2.24. The van der Waals surface area contributed by atoms with E-state index in [2.05, 4.69) is 10.5 Å². The summed E-state index contributed by atoms with van der Waals surface area (Å²) in [4.78, 5) is 23.6. The summed E-state index contributed by atoms with van der Waals surface area (Å²) in [6, 6.07) is 18.4. The maximum atomic E-state index is 13.3. The molecule has 0 radical (unpaired) electrons. The fraction of sp³-hybridized carbons (Fsp3) is 0.0870. The molecule has 0 fully saturated rings. The third-order valence-corrected chi connectivity index (χ3v) is 6.65. The topological polar surface area (TPSA) is 105 Å². The average molecular weight is 520 g/mol. The predicted molar refractivity (Wildman–Crippen MR) is 131 cm³/mol. The number of halogens is 2. The van der Waals surface area contributed by atoms with Gasteiger partial charge in [-0.2, -0.15) is 5.10 Å². The zero-order valence-electron chi connectivity index (χ0n) is 17.8. The first kappa shape index (κ1) is 25.2. The smallest absolute Gasteiger partial charge is 0.308 e. The van der Waals surface area contributed by atoms with E-state index in [1.165, 1.54) is 43.5 Å². The van der Waals surface area contributed by atoms with Crippen LogP contribution in [-0.4, -0.2) is 33.1 Å². The first-order valence-corrected chi connectivity index (χ1v) is 12.0. The van der Waals surface area contributed by atoms with Crippen LogP contribution < -0.4 is 14.5 Å². The minimum absolute atomic E-state index is 0.00909. The van der Waals surface area contributed by atoms with E-state index >= 15 is 0 Å². The fourth-order valence-electron chi connectivity index (χ4n) is 2.84. The molecule has 34 heavy (non-hydrogen) atoms. The Balaban J connectivity index is 1.79. The molecule has 3 aromatic carbocycles. The molecular weight excluding hydrogens is 501 g/mol. The molecule has 1 N–H and O–H groups in total. The molecule has 11 heteroatoms. The Hall–Kier alpha value is -3.40. The Bertz CT molecular complexity index is 1310. The van der Waals surface area contributed by atoms with Gasteiger partial charge in [-0.3, -0.25) is 13.9 Å². The first-order chi connectivity index (χ1) is 16.2. The van der Waals surface area contributed by atoms with Gasteiger partial charge < -0.3 is 4.74 Å². The molecule has 0 bridgehead atoms. The number of hydrazone groups is 1. The molecule has 0 atom stereocenters.